The zero-order valence-electron chi connectivity index (χ0n) is 7.11. The number of hydrogen-bond donors (Lipinski definition) is 2. The molecule has 1 aliphatic carbocycles. The maximum atomic E-state index is 7.62. The summed E-state index contributed by atoms with van der Waals surface area (Å²) in [6, 6.07) is 0. The summed E-state index contributed by atoms with van der Waals surface area (Å²) < 4.78 is 0. The molecule has 0 aliphatic heterocycles. The van der Waals surface area contributed by atoms with Gasteiger partial charge in [0.15, 0.2) is 0 Å². The van der Waals surface area contributed by atoms with Crippen LogP contribution in [0.3, 0.4) is 0 Å². The van der Waals surface area contributed by atoms with E-state index in [1.165, 1.54) is 12.8 Å². The summed E-state index contributed by atoms with van der Waals surface area (Å²) in [6.45, 7) is 2.01. The largest absolute Gasteiger partial charge is 0.402 e. The molecule has 62 valence electrons. The normalized spacial score (nSPS) is 18.6. The summed E-state index contributed by atoms with van der Waals surface area (Å²) in [4.78, 5) is 0. The van der Waals surface area contributed by atoms with Crippen LogP contribution in [0.2, 0.25) is 0 Å². The van der Waals surface area contributed by atoms with Crippen molar-refractivity contribution in [1.29, 1.82) is 5.41 Å². The van der Waals surface area contributed by atoms with E-state index in [2.05, 4.69) is 0 Å². The Morgan fingerprint density at radius 3 is 2.64 bits per heavy atom. The molecule has 0 fully saturated rings. The lowest BCUT2D eigenvalue weighted by Gasteiger charge is -2.16. The monoisotopic (exact) mass is 152 g/mol. The standard InChI is InChI=1S/C9H16N2/c1-2-8(10)7-5-3-4-6-9(7)11/h10H,2-6,11H2,1H3. The van der Waals surface area contributed by atoms with Gasteiger partial charge in [-0.05, 0) is 37.7 Å². The van der Waals surface area contributed by atoms with Crippen LogP contribution in [0.15, 0.2) is 11.3 Å². The fourth-order valence-electron chi connectivity index (χ4n) is 1.49. The van der Waals surface area contributed by atoms with E-state index in [0.717, 1.165) is 36.2 Å². The van der Waals surface area contributed by atoms with Crippen LogP contribution in [0.4, 0.5) is 0 Å². The van der Waals surface area contributed by atoms with Crippen molar-refractivity contribution in [3.63, 3.8) is 0 Å². The van der Waals surface area contributed by atoms with Crippen molar-refractivity contribution in [3.05, 3.63) is 11.3 Å². The van der Waals surface area contributed by atoms with Crippen LogP contribution >= 0.6 is 0 Å². The second kappa shape index (κ2) is 3.56. The Balaban J connectivity index is 2.74. The van der Waals surface area contributed by atoms with Crippen molar-refractivity contribution in [2.45, 2.75) is 39.0 Å². The van der Waals surface area contributed by atoms with Gasteiger partial charge in [-0.25, -0.2) is 0 Å². The average Bonchev–Trinajstić information content (AvgIpc) is 2.04. The molecule has 0 unspecified atom stereocenters. The molecule has 0 spiro atoms. The molecule has 11 heavy (non-hydrogen) atoms. The maximum Gasteiger partial charge on any atom is 0.0360 e. The highest BCUT2D eigenvalue weighted by Crippen LogP contribution is 2.22. The summed E-state index contributed by atoms with van der Waals surface area (Å²) in [6.07, 6.45) is 5.25. The van der Waals surface area contributed by atoms with Crippen LogP contribution in [0.5, 0.6) is 0 Å². The van der Waals surface area contributed by atoms with Crippen molar-refractivity contribution in [3.8, 4) is 0 Å². The number of nitrogens with two attached hydrogens (primary N) is 1. The zero-order valence-corrected chi connectivity index (χ0v) is 7.11. The second-order valence-corrected chi connectivity index (χ2v) is 3.04. The number of rotatable bonds is 2. The van der Waals surface area contributed by atoms with Crippen LogP contribution in [-0.2, 0) is 0 Å². The van der Waals surface area contributed by atoms with E-state index in [1.54, 1.807) is 0 Å². The Bertz CT molecular complexity index is 192. The average molecular weight is 152 g/mol. The van der Waals surface area contributed by atoms with E-state index in [1.807, 2.05) is 6.92 Å². The van der Waals surface area contributed by atoms with E-state index >= 15 is 0 Å². The Morgan fingerprint density at radius 2 is 2.09 bits per heavy atom. The second-order valence-electron chi connectivity index (χ2n) is 3.04. The van der Waals surface area contributed by atoms with Gasteiger partial charge in [0.2, 0.25) is 0 Å². The van der Waals surface area contributed by atoms with Gasteiger partial charge < -0.3 is 11.1 Å². The van der Waals surface area contributed by atoms with Gasteiger partial charge in [-0.2, -0.15) is 0 Å². The fraction of sp³-hybridized carbons (Fsp3) is 0.667. The molecule has 0 saturated carbocycles. The molecule has 0 aromatic carbocycles. The molecule has 0 saturated heterocycles. The first-order chi connectivity index (χ1) is 5.25. The van der Waals surface area contributed by atoms with Gasteiger partial charge in [0.1, 0.15) is 0 Å². The molecule has 1 rings (SSSR count). The molecular weight excluding hydrogens is 136 g/mol. The molecule has 0 amide bonds. The maximum absolute atomic E-state index is 7.62. The Labute approximate surface area is 68.0 Å². The predicted molar refractivity (Wildman–Crippen MR) is 47.7 cm³/mol. The lowest BCUT2D eigenvalue weighted by molar-refractivity contribution is 0.680. The van der Waals surface area contributed by atoms with Gasteiger partial charge >= 0.3 is 0 Å². The molecule has 1 aliphatic rings. The molecule has 0 aromatic rings. The van der Waals surface area contributed by atoms with Crippen molar-refractivity contribution >= 4 is 5.71 Å². The zero-order chi connectivity index (χ0) is 8.27. The van der Waals surface area contributed by atoms with Crippen molar-refractivity contribution in [2.75, 3.05) is 0 Å². The van der Waals surface area contributed by atoms with Gasteiger partial charge in [0.05, 0.1) is 0 Å². The highest BCUT2D eigenvalue weighted by atomic mass is 14.6. The molecule has 0 aromatic heterocycles. The Morgan fingerprint density at radius 1 is 1.45 bits per heavy atom. The summed E-state index contributed by atoms with van der Waals surface area (Å²) in [5.41, 5.74) is 8.62. The van der Waals surface area contributed by atoms with E-state index < -0.39 is 0 Å². The van der Waals surface area contributed by atoms with Crippen molar-refractivity contribution < 1.29 is 0 Å². The van der Waals surface area contributed by atoms with Gasteiger partial charge in [-0.1, -0.05) is 6.92 Å². The molecule has 3 N–H and O–H groups in total. The molecule has 0 heterocycles. The van der Waals surface area contributed by atoms with E-state index in [0.29, 0.717) is 0 Å². The lowest BCUT2D eigenvalue weighted by atomic mass is 9.92. The Hall–Kier alpha value is -0.790. The minimum atomic E-state index is 0.738. The van der Waals surface area contributed by atoms with Crippen LogP contribution in [0.25, 0.3) is 0 Å². The van der Waals surface area contributed by atoms with Crippen LogP contribution < -0.4 is 5.73 Å². The summed E-state index contributed by atoms with van der Waals surface area (Å²) >= 11 is 0. The van der Waals surface area contributed by atoms with Crippen LogP contribution in [-0.4, -0.2) is 5.71 Å². The molecule has 2 nitrogen and oxygen atoms in total. The van der Waals surface area contributed by atoms with E-state index in [4.69, 9.17) is 11.1 Å². The molecule has 0 radical (unpaired) electrons. The lowest BCUT2D eigenvalue weighted by Crippen LogP contribution is -2.13. The molecular formula is C9H16N2. The smallest absolute Gasteiger partial charge is 0.0360 e. The predicted octanol–water partition coefficient (Wildman–Crippen LogP) is 2.20. The first-order valence-corrected chi connectivity index (χ1v) is 4.31. The minimum Gasteiger partial charge on any atom is -0.402 e. The third kappa shape index (κ3) is 1.82. The minimum absolute atomic E-state index is 0.738. The molecule has 0 atom stereocenters. The Kier molecular flexibility index (Phi) is 2.69. The fourth-order valence-corrected chi connectivity index (χ4v) is 1.49. The first-order valence-electron chi connectivity index (χ1n) is 4.31. The third-order valence-corrected chi connectivity index (χ3v) is 2.23. The summed E-state index contributed by atoms with van der Waals surface area (Å²) in [7, 11) is 0. The van der Waals surface area contributed by atoms with Crippen molar-refractivity contribution in [2.24, 2.45) is 5.73 Å². The van der Waals surface area contributed by atoms with E-state index in [-0.39, 0.29) is 0 Å². The van der Waals surface area contributed by atoms with E-state index in [9.17, 15) is 0 Å². The van der Waals surface area contributed by atoms with Gasteiger partial charge in [0, 0.05) is 11.4 Å². The van der Waals surface area contributed by atoms with Gasteiger partial charge in [-0.15, -0.1) is 0 Å². The number of nitrogens with one attached hydrogen (secondary N) is 1. The topological polar surface area (TPSA) is 49.9 Å². The quantitative estimate of drug-likeness (QED) is 0.585. The third-order valence-electron chi connectivity index (χ3n) is 2.23. The molecule has 2 heteroatoms. The van der Waals surface area contributed by atoms with Crippen molar-refractivity contribution in [1.82, 2.24) is 0 Å². The number of hydrogen-bond acceptors (Lipinski definition) is 2. The summed E-state index contributed by atoms with van der Waals surface area (Å²) in [5.74, 6) is 0. The van der Waals surface area contributed by atoms with Gasteiger partial charge in [-0.3, -0.25) is 0 Å². The van der Waals surface area contributed by atoms with Gasteiger partial charge in [0.25, 0.3) is 0 Å². The number of allylic oxidation sites excluding steroid dienone is 2. The molecule has 0 bridgehead atoms. The highest BCUT2D eigenvalue weighted by molar-refractivity contribution is 5.98. The highest BCUT2D eigenvalue weighted by Gasteiger charge is 2.12. The summed E-state index contributed by atoms with van der Waals surface area (Å²) in [5, 5.41) is 7.62. The van der Waals surface area contributed by atoms with Crippen LogP contribution in [0.1, 0.15) is 39.0 Å². The first kappa shape index (κ1) is 8.31. The SMILES string of the molecule is CCC(=N)C1=C(N)CCCC1. The van der Waals surface area contributed by atoms with Crippen LogP contribution in [0, 0.1) is 5.41 Å².